The van der Waals surface area contributed by atoms with Crippen molar-refractivity contribution in [2.45, 2.75) is 223 Å². The van der Waals surface area contributed by atoms with E-state index in [1.807, 2.05) is 42.5 Å². The molecule has 3 saturated heterocycles. The lowest BCUT2D eigenvalue weighted by Crippen LogP contribution is -2.52. The molecule has 6 aromatic rings. The Morgan fingerprint density at radius 2 is 0.837 bits per heavy atom. The minimum absolute atomic E-state index is 0.00873. The highest BCUT2D eigenvalue weighted by Crippen LogP contribution is 2.56. The smallest absolute Gasteiger partial charge is 0.123 e. The highest BCUT2D eigenvalue weighted by molar-refractivity contribution is 9.10. The van der Waals surface area contributed by atoms with E-state index in [1.165, 1.54) is 114 Å². The molecule has 532 valence electrons. The van der Waals surface area contributed by atoms with Crippen LogP contribution in [0.15, 0.2) is 120 Å². The summed E-state index contributed by atoms with van der Waals surface area (Å²) in [6, 6.07) is 40.2. The van der Waals surface area contributed by atoms with E-state index in [0.29, 0.717) is 24.5 Å². The van der Waals surface area contributed by atoms with Gasteiger partial charge in [-0.1, -0.05) is 101 Å². The summed E-state index contributed by atoms with van der Waals surface area (Å²) in [6.07, 6.45) is 14.3. The first-order valence-corrected chi connectivity index (χ1v) is 39.0. The van der Waals surface area contributed by atoms with Gasteiger partial charge in [-0.2, -0.15) is 0 Å². The largest absolute Gasteiger partial charge is 0.366 e. The fourth-order valence-electron chi connectivity index (χ4n) is 18.4. The van der Waals surface area contributed by atoms with E-state index in [9.17, 15) is 4.39 Å². The molecule has 4 atom stereocenters. The molecule has 0 aromatic heterocycles. The van der Waals surface area contributed by atoms with E-state index in [-0.39, 0.29) is 50.3 Å². The number of rotatable bonds is 8. The van der Waals surface area contributed by atoms with Crippen molar-refractivity contribution >= 4 is 85.1 Å². The maximum Gasteiger partial charge on any atom is 0.123 e. The zero-order valence-corrected chi connectivity index (χ0v) is 65.8. The molecule has 0 bridgehead atoms. The Balaban J connectivity index is 0.000000135. The average molecular weight is 1480 g/mol. The van der Waals surface area contributed by atoms with Gasteiger partial charge in [0.2, 0.25) is 0 Å². The molecule has 5 N–H and O–H groups in total. The van der Waals surface area contributed by atoms with Crippen molar-refractivity contribution in [3.63, 3.8) is 0 Å². The number of fused-ring (bicyclic) bond motifs is 8. The van der Waals surface area contributed by atoms with Gasteiger partial charge in [0.25, 0.3) is 0 Å². The zero-order chi connectivity index (χ0) is 70.5. The van der Waals surface area contributed by atoms with E-state index in [2.05, 4.69) is 201 Å². The first-order valence-electron chi connectivity index (χ1n) is 36.6. The third-order valence-electron chi connectivity index (χ3n) is 23.2. The number of piperidine rings is 3. The van der Waals surface area contributed by atoms with Gasteiger partial charge in [-0.15, -0.1) is 0 Å². The maximum absolute atomic E-state index is 14.3. The van der Waals surface area contributed by atoms with Crippen LogP contribution < -0.4 is 36.4 Å². The first kappa shape index (κ1) is 75.1. The SMILES string of the molecule is CC(C)(C)N1CC2(CCCC2)c2cc(Cl)ccc21.CC(C)(C)N1CC2(CCNCC2)c2c1ccc(Cl)c2Br.CC(C)(C)N1C[C@]2(CCCN([C@H](CCN)c3ccc(Cl)cc3)C2)c2cc(F)ccc21.Cc1ccc2c(c1)[C@@]1(CCCN([C@@H](CCN)c3ccc(Cl)cc3)C1)CN2C(C)(C)C. The highest BCUT2D eigenvalue weighted by Gasteiger charge is 2.52. The summed E-state index contributed by atoms with van der Waals surface area (Å²) in [5.41, 5.74) is 28.2. The van der Waals surface area contributed by atoms with Crippen LogP contribution >= 0.6 is 62.3 Å². The molecule has 14 rings (SSSR count). The number of nitrogens with two attached hydrogens (primary N) is 2. The molecule has 1 saturated carbocycles. The van der Waals surface area contributed by atoms with Gasteiger partial charge in [0.15, 0.2) is 0 Å². The molecule has 0 unspecified atom stereocenters. The van der Waals surface area contributed by atoms with Crippen molar-refractivity contribution in [3.8, 4) is 0 Å². The van der Waals surface area contributed by atoms with Crippen LogP contribution in [-0.2, 0) is 21.7 Å². The van der Waals surface area contributed by atoms with Gasteiger partial charge < -0.3 is 36.4 Å². The van der Waals surface area contributed by atoms with Crippen molar-refractivity contribution < 1.29 is 4.39 Å². The monoisotopic (exact) mass is 1470 g/mol. The number of aryl methyl sites for hydroxylation is 1. The van der Waals surface area contributed by atoms with Gasteiger partial charge in [0.05, 0.1) is 5.02 Å². The van der Waals surface area contributed by atoms with Crippen LogP contribution in [0.5, 0.6) is 0 Å². The van der Waals surface area contributed by atoms with Crippen molar-refractivity contribution in [3.05, 3.63) is 185 Å². The average Bonchev–Trinajstić information content (AvgIpc) is 1.60. The molecule has 9 nitrogen and oxygen atoms in total. The van der Waals surface area contributed by atoms with Crippen LogP contribution in [0.25, 0.3) is 0 Å². The Morgan fingerprint density at radius 3 is 1.31 bits per heavy atom. The lowest BCUT2D eigenvalue weighted by molar-refractivity contribution is 0.102. The van der Waals surface area contributed by atoms with Crippen LogP contribution in [0.2, 0.25) is 20.1 Å². The molecule has 6 aromatic carbocycles. The van der Waals surface area contributed by atoms with Crippen molar-refractivity contribution in [1.29, 1.82) is 0 Å². The fourth-order valence-corrected chi connectivity index (χ4v) is 19.7. The van der Waals surface area contributed by atoms with Crippen LogP contribution in [0.1, 0.15) is 211 Å². The van der Waals surface area contributed by atoms with Crippen LogP contribution in [0.4, 0.5) is 27.1 Å². The van der Waals surface area contributed by atoms with Gasteiger partial charge in [0.1, 0.15) is 5.82 Å². The Labute approximate surface area is 617 Å². The van der Waals surface area contributed by atoms with Crippen molar-refractivity contribution in [1.82, 2.24) is 15.1 Å². The molecule has 15 heteroatoms. The normalized spacial score (nSPS) is 22.5. The second-order valence-corrected chi connectivity index (χ2v) is 36.7. The molecule has 0 amide bonds. The Kier molecular flexibility index (Phi) is 22.6. The van der Waals surface area contributed by atoms with Crippen LogP contribution in [-0.4, -0.2) is 110 Å². The minimum Gasteiger partial charge on any atom is -0.366 e. The van der Waals surface area contributed by atoms with Gasteiger partial charge >= 0.3 is 0 Å². The van der Waals surface area contributed by atoms with E-state index < -0.39 is 0 Å². The lowest BCUT2D eigenvalue weighted by atomic mass is 9.74. The number of halogens is 6. The Morgan fingerprint density at radius 1 is 0.449 bits per heavy atom. The number of anilines is 4. The number of hydrogen-bond acceptors (Lipinski definition) is 9. The summed E-state index contributed by atoms with van der Waals surface area (Å²) < 4.78 is 15.4. The number of benzene rings is 6. The second kappa shape index (κ2) is 29.6. The summed E-state index contributed by atoms with van der Waals surface area (Å²) in [5, 5.41) is 6.75. The van der Waals surface area contributed by atoms with E-state index in [4.69, 9.17) is 57.9 Å². The Hall–Kier alpha value is -4.11. The molecule has 4 spiro atoms. The summed E-state index contributed by atoms with van der Waals surface area (Å²) in [7, 11) is 0. The fraction of sp³-hybridized carbons (Fsp3) is 0.566. The minimum atomic E-state index is -0.141. The lowest BCUT2D eigenvalue weighted by Gasteiger charge is -2.45. The van der Waals surface area contributed by atoms with Gasteiger partial charge in [-0.3, -0.25) is 9.80 Å². The summed E-state index contributed by atoms with van der Waals surface area (Å²) in [5.74, 6) is -0.141. The maximum atomic E-state index is 14.3. The predicted octanol–water partition coefficient (Wildman–Crippen LogP) is 20.3. The molecule has 4 fully saturated rings. The number of hydrogen-bond donors (Lipinski definition) is 3. The van der Waals surface area contributed by atoms with E-state index in [0.717, 1.165) is 109 Å². The topological polar surface area (TPSA) is 83.5 Å². The molecule has 1 aliphatic carbocycles. The van der Waals surface area contributed by atoms with Gasteiger partial charge in [-0.05, 0) is 322 Å². The molecular weight excluding hydrogens is 1360 g/mol. The first-order chi connectivity index (χ1) is 46.2. The quantitative estimate of drug-likeness (QED) is 0.138. The van der Waals surface area contributed by atoms with Gasteiger partial charge in [0, 0.05) is 137 Å². The number of nitrogens with one attached hydrogen (secondary N) is 1. The number of likely N-dealkylation sites (tertiary alicyclic amines) is 2. The standard InChI is InChI=1S/C26H36ClN3.C25H33ClFN3.C16H22BrClN2.C16H22ClN/c1-19-6-11-24-22(16-19)26(18-30(24)25(2,3)4)13-5-15-29(17-26)23(12-14-28)20-7-9-21(27)10-8-20;1-24(2,3)30-17-25(21-15-20(27)9-10-23(21)30)12-4-14-29(16-25)22(11-13-28)18-5-7-19(26)8-6-18;1-15(2,3)20-10-16(6-8-19-9-7-16)13-12(20)5-4-11(18)14(13)17;1-15(2,3)18-11-16(8-4-5-9-16)13-10-12(17)6-7-14(13)18/h6-11,16,23H,5,12-15,17-18,28H2,1-4H3;5-10,15,22H,4,11-14,16-17,28H2,1-3H3;4-5,19H,6-10H2,1-3H3;6-7,10H,4-5,8-9,11H2,1-3H3/t23-,26+;22-,25-;;/m01../s1. The molecule has 8 aliphatic rings. The molecule has 7 heterocycles. The predicted molar refractivity (Wildman–Crippen MR) is 421 cm³/mol. The van der Waals surface area contributed by atoms with Crippen LogP contribution in [0.3, 0.4) is 0 Å². The summed E-state index contributed by atoms with van der Waals surface area (Å²) >= 11 is 28.7. The Bertz CT molecular complexity index is 3580. The zero-order valence-electron chi connectivity index (χ0n) is 61.2. The molecular formula is C83H113BrCl4FN9. The molecule has 0 radical (unpaired) electrons. The molecule has 7 aliphatic heterocycles. The third-order valence-corrected chi connectivity index (χ3v) is 25.3. The summed E-state index contributed by atoms with van der Waals surface area (Å²) in [6.45, 7) is 41.7. The summed E-state index contributed by atoms with van der Waals surface area (Å²) in [4.78, 5) is 15.5. The third kappa shape index (κ3) is 15.6. The van der Waals surface area contributed by atoms with E-state index >= 15 is 0 Å². The van der Waals surface area contributed by atoms with Crippen molar-refractivity contribution in [2.24, 2.45) is 11.5 Å². The van der Waals surface area contributed by atoms with Crippen molar-refractivity contribution in [2.75, 3.05) is 98.1 Å². The van der Waals surface area contributed by atoms with E-state index in [1.54, 1.807) is 17.7 Å². The number of nitrogens with zero attached hydrogens (tertiary/aromatic N) is 6. The highest BCUT2D eigenvalue weighted by atomic mass is 79.9. The van der Waals surface area contributed by atoms with Gasteiger partial charge in [-0.25, -0.2) is 4.39 Å². The molecule has 98 heavy (non-hydrogen) atoms. The second-order valence-electron chi connectivity index (χ2n) is 34.1. The van der Waals surface area contributed by atoms with Crippen LogP contribution in [0, 0.1) is 12.7 Å².